The molecule has 0 spiro atoms. The molecule has 8 heteroatoms. The van der Waals surface area contributed by atoms with Gasteiger partial charge in [0.25, 0.3) is 0 Å². The van der Waals surface area contributed by atoms with Gasteiger partial charge in [0, 0.05) is 51.0 Å². The van der Waals surface area contributed by atoms with E-state index in [-0.39, 0.29) is 18.4 Å². The number of rotatable bonds is 8. The number of imidazole rings is 1. The first-order valence-corrected chi connectivity index (χ1v) is 9.36. The number of benzene rings is 1. The van der Waals surface area contributed by atoms with E-state index in [2.05, 4.69) is 15.3 Å². The van der Waals surface area contributed by atoms with Crippen LogP contribution >= 0.6 is 0 Å². The maximum Gasteiger partial charge on any atom is 0.318 e. The zero-order valence-corrected chi connectivity index (χ0v) is 16.6. The summed E-state index contributed by atoms with van der Waals surface area (Å²) in [4.78, 5) is 24.5. The highest BCUT2D eigenvalue weighted by Crippen LogP contribution is 2.15. The van der Waals surface area contributed by atoms with Crippen LogP contribution < -0.4 is 5.32 Å². The third-order valence-corrected chi connectivity index (χ3v) is 4.44. The van der Waals surface area contributed by atoms with Gasteiger partial charge in [0.15, 0.2) is 0 Å². The zero-order chi connectivity index (χ0) is 20.6. The molecule has 0 fully saturated rings. The fraction of sp³-hybridized carbons (Fsp3) is 0.286. The Hall–Kier alpha value is -3.26. The van der Waals surface area contributed by atoms with Crippen LogP contribution in [-0.2, 0) is 13.1 Å². The highest BCUT2D eigenvalue weighted by molar-refractivity contribution is 5.74. The maximum atomic E-state index is 14.4. The predicted molar refractivity (Wildman–Crippen MR) is 109 cm³/mol. The Morgan fingerprint density at radius 2 is 2.00 bits per heavy atom. The molecule has 7 nitrogen and oxygen atoms in total. The summed E-state index contributed by atoms with van der Waals surface area (Å²) in [6.45, 7) is 2.01. The van der Waals surface area contributed by atoms with Gasteiger partial charge >= 0.3 is 6.03 Å². The van der Waals surface area contributed by atoms with Crippen molar-refractivity contribution in [3.63, 3.8) is 0 Å². The largest absolute Gasteiger partial charge is 0.334 e. The van der Waals surface area contributed by atoms with Crippen LogP contribution in [0, 0.1) is 5.82 Å². The molecule has 29 heavy (non-hydrogen) atoms. The van der Waals surface area contributed by atoms with Crippen molar-refractivity contribution in [2.24, 2.45) is 0 Å². The molecule has 0 saturated carbocycles. The molecule has 0 saturated heterocycles. The standard InChI is InChI=1S/C21H25FN6O/c1-26(2)10-11-27(15-18-4-3-7-23-13-18)21(29)25-14-17-5-6-20(19(22)12-17)28-9-8-24-16-28/h3-9,12-13,16H,10-11,14-15H2,1-2H3,(H,25,29). The molecule has 0 aliphatic rings. The number of pyridine rings is 1. The number of hydrogen-bond donors (Lipinski definition) is 1. The summed E-state index contributed by atoms with van der Waals surface area (Å²) in [5.41, 5.74) is 2.06. The molecule has 2 amide bonds. The summed E-state index contributed by atoms with van der Waals surface area (Å²) in [6.07, 6.45) is 8.27. The monoisotopic (exact) mass is 396 g/mol. The van der Waals surface area contributed by atoms with Crippen molar-refractivity contribution in [3.05, 3.63) is 78.4 Å². The lowest BCUT2D eigenvalue weighted by molar-refractivity contribution is 0.188. The molecule has 0 unspecified atom stereocenters. The van der Waals surface area contributed by atoms with Gasteiger partial charge in [-0.3, -0.25) is 4.98 Å². The molecule has 0 aliphatic heterocycles. The van der Waals surface area contributed by atoms with E-state index in [0.29, 0.717) is 24.3 Å². The van der Waals surface area contributed by atoms with E-state index < -0.39 is 0 Å². The number of urea groups is 1. The van der Waals surface area contributed by atoms with E-state index >= 15 is 0 Å². The minimum absolute atomic E-state index is 0.199. The first-order valence-electron chi connectivity index (χ1n) is 9.36. The van der Waals surface area contributed by atoms with Crippen LogP contribution in [0.4, 0.5) is 9.18 Å². The molecule has 0 bridgehead atoms. The summed E-state index contributed by atoms with van der Waals surface area (Å²) in [5, 5.41) is 2.89. The summed E-state index contributed by atoms with van der Waals surface area (Å²) >= 11 is 0. The molecule has 3 aromatic rings. The highest BCUT2D eigenvalue weighted by Gasteiger charge is 2.15. The molecule has 2 heterocycles. The average Bonchev–Trinajstić information content (AvgIpc) is 3.24. The van der Waals surface area contributed by atoms with E-state index in [4.69, 9.17) is 0 Å². The van der Waals surface area contributed by atoms with E-state index in [0.717, 1.165) is 12.1 Å². The molecule has 2 aromatic heterocycles. The van der Waals surface area contributed by atoms with Gasteiger partial charge in [-0.2, -0.15) is 0 Å². The minimum atomic E-state index is -0.366. The van der Waals surface area contributed by atoms with Gasteiger partial charge in [-0.15, -0.1) is 0 Å². The number of likely N-dealkylation sites (N-methyl/N-ethyl adjacent to an activating group) is 1. The van der Waals surface area contributed by atoms with E-state index in [1.807, 2.05) is 31.1 Å². The second-order valence-electron chi connectivity index (χ2n) is 7.00. The zero-order valence-electron chi connectivity index (χ0n) is 16.6. The quantitative estimate of drug-likeness (QED) is 0.636. The lowest BCUT2D eigenvalue weighted by Crippen LogP contribution is -2.42. The van der Waals surface area contributed by atoms with Crippen LogP contribution in [0.5, 0.6) is 0 Å². The van der Waals surface area contributed by atoms with Crippen LogP contribution in [-0.4, -0.2) is 57.6 Å². The number of nitrogens with one attached hydrogen (secondary N) is 1. The van der Waals surface area contributed by atoms with Crippen LogP contribution in [0.2, 0.25) is 0 Å². The summed E-state index contributed by atoms with van der Waals surface area (Å²) in [5.74, 6) is -0.366. The molecule has 152 valence electrons. The van der Waals surface area contributed by atoms with Crippen LogP contribution in [0.15, 0.2) is 61.4 Å². The number of nitrogens with zero attached hydrogens (tertiary/aromatic N) is 5. The van der Waals surface area contributed by atoms with Crippen molar-refractivity contribution in [1.29, 1.82) is 0 Å². The van der Waals surface area contributed by atoms with Gasteiger partial charge in [0.2, 0.25) is 0 Å². The van der Waals surface area contributed by atoms with E-state index in [9.17, 15) is 9.18 Å². The maximum absolute atomic E-state index is 14.4. The van der Waals surface area contributed by atoms with Crippen molar-refractivity contribution in [3.8, 4) is 5.69 Å². The van der Waals surface area contributed by atoms with Crippen molar-refractivity contribution < 1.29 is 9.18 Å². The Balaban J connectivity index is 1.63. The van der Waals surface area contributed by atoms with Crippen molar-refractivity contribution in [2.75, 3.05) is 27.2 Å². The number of hydrogen-bond acceptors (Lipinski definition) is 4. The predicted octanol–water partition coefficient (Wildman–Crippen LogP) is 2.68. The van der Waals surface area contributed by atoms with Gasteiger partial charge in [-0.05, 0) is 43.4 Å². The topological polar surface area (TPSA) is 66.3 Å². The second-order valence-corrected chi connectivity index (χ2v) is 7.00. The van der Waals surface area contributed by atoms with Crippen LogP contribution in [0.25, 0.3) is 5.69 Å². The van der Waals surface area contributed by atoms with E-state index in [1.54, 1.807) is 52.7 Å². The van der Waals surface area contributed by atoms with Gasteiger partial charge in [0.1, 0.15) is 5.82 Å². The van der Waals surface area contributed by atoms with Gasteiger partial charge < -0.3 is 19.7 Å². The summed E-state index contributed by atoms with van der Waals surface area (Å²) in [7, 11) is 3.93. The van der Waals surface area contributed by atoms with Gasteiger partial charge in [0.05, 0.1) is 12.0 Å². The van der Waals surface area contributed by atoms with Crippen LogP contribution in [0.1, 0.15) is 11.1 Å². The Kier molecular flexibility index (Phi) is 6.91. The highest BCUT2D eigenvalue weighted by atomic mass is 19.1. The number of carbonyl (C=O) groups is 1. The SMILES string of the molecule is CN(C)CCN(Cc1cccnc1)C(=O)NCc1ccc(-n2ccnc2)c(F)c1. The van der Waals surface area contributed by atoms with Crippen molar-refractivity contribution >= 4 is 6.03 Å². The fourth-order valence-corrected chi connectivity index (χ4v) is 2.85. The molecule has 0 radical (unpaired) electrons. The number of amides is 2. The number of halogens is 1. The average molecular weight is 396 g/mol. The first kappa shape index (κ1) is 20.5. The van der Waals surface area contributed by atoms with Gasteiger partial charge in [-0.25, -0.2) is 14.2 Å². The first-order chi connectivity index (χ1) is 14.0. The number of carbonyl (C=O) groups excluding carboxylic acids is 1. The van der Waals surface area contributed by atoms with Crippen molar-refractivity contribution in [1.82, 2.24) is 29.7 Å². The summed E-state index contributed by atoms with van der Waals surface area (Å²) in [6, 6.07) is 8.49. The second kappa shape index (κ2) is 9.79. The Morgan fingerprint density at radius 1 is 1.14 bits per heavy atom. The fourth-order valence-electron chi connectivity index (χ4n) is 2.85. The molecule has 0 atom stereocenters. The summed E-state index contributed by atoms with van der Waals surface area (Å²) < 4.78 is 16.0. The molecule has 1 aromatic carbocycles. The lowest BCUT2D eigenvalue weighted by Gasteiger charge is -2.25. The molecule has 0 aliphatic carbocycles. The Morgan fingerprint density at radius 3 is 2.66 bits per heavy atom. The minimum Gasteiger partial charge on any atom is -0.334 e. The van der Waals surface area contributed by atoms with Crippen LogP contribution in [0.3, 0.4) is 0 Å². The Labute approximate surface area is 169 Å². The number of aromatic nitrogens is 3. The molecule has 1 N–H and O–H groups in total. The normalized spacial score (nSPS) is 10.9. The third kappa shape index (κ3) is 5.86. The Bertz CT molecular complexity index is 914. The lowest BCUT2D eigenvalue weighted by atomic mass is 10.2. The third-order valence-electron chi connectivity index (χ3n) is 4.44. The van der Waals surface area contributed by atoms with Gasteiger partial charge in [-0.1, -0.05) is 12.1 Å². The molecular weight excluding hydrogens is 371 g/mol. The van der Waals surface area contributed by atoms with Crippen molar-refractivity contribution in [2.45, 2.75) is 13.1 Å². The smallest absolute Gasteiger partial charge is 0.318 e. The molecule has 3 rings (SSSR count). The van der Waals surface area contributed by atoms with E-state index in [1.165, 1.54) is 6.07 Å². The molecular formula is C21H25FN6O.